The molecule has 82 valence electrons. The summed E-state index contributed by atoms with van der Waals surface area (Å²) in [6, 6.07) is 3.33. The Kier molecular flexibility index (Phi) is 3.43. The van der Waals surface area contributed by atoms with Gasteiger partial charge in [-0.15, -0.1) is 0 Å². The SMILES string of the molecule is O=C(NC[C@@H]1CCCO1)c1ccc(Br)o1. The van der Waals surface area contributed by atoms with Crippen LogP contribution in [0, 0.1) is 0 Å². The molecule has 0 spiro atoms. The van der Waals surface area contributed by atoms with Crippen LogP contribution in [0.5, 0.6) is 0 Å². The molecule has 0 saturated carbocycles. The number of nitrogens with one attached hydrogen (secondary N) is 1. The van der Waals surface area contributed by atoms with Crippen LogP contribution in [-0.4, -0.2) is 25.2 Å². The van der Waals surface area contributed by atoms with Gasteiger partial charge in [0, 0.05) is 13.2 Å². The zero-order chi connectivity index (χ0) is 10.7. The Morgan fingerprint density at radius 2 is 2.47 bits per heavy atom. The smallest absolute Gasteiger partial charge is 0.287 e. The summed E-state index contributed by atoms with van der Waals surface area (Å²) in [5.74, 6) is 0.121. The van der Waals surface area contributed by atoms with Crippen molar-refractivity contribution in [2.75, 3.05) is 13.2 Å². The lowest BCUT2D eigenvalue weighted by Gasteiger charge is -2.09. The number of hydrogen-bond donors (Lipinski definition) is 1. The summed E-state index contributed by atoms with van der Waals surface area (Å²) in [6.45, 7) is 1.35. The summed E-state index contributed by atoms with van der Waals surface area (Å²) in [4.78, 5) is 11.5. The molecule has 1 amide bonds. The molecule has 1 atom stereocenters. The Morgan fingerprint density at radius 3 is 3.07 bits per heavy atom. The molecule has 5 heteroatoms. The van der Waals surface area contributed by atoms with Crippen LogP contribution in [0.15, 0.2) is 21.2 Å². The third-order valence-electron chi connectivity index (χ3n) is 2.31. The lowest BCUT2D eigenvalue weighted by Crippen LogP contribution is -2.31. The maximum atomic E-state index is 11.5. The fraction of sp³-hybridized carbons (Fsp3) is 0.500. The van der Waals surface area contributed by atoms with Gasteiger partial charge < -0.3 is 14.5 Å². The van der Waals surface area contributed by atoms with Gasteiger partial charge in [-0.2, -0.15) is 0 Å². The Balaban J connectivity index is 1.81. The minimum Gasteiger partial charge on any atom is -0.444 e. The van der Waals surface area contributed by atoms with Crippen molar-refractivity contribution in [2.45, 2.75) is 18.9 Å². The molecule has 1 N–H and O–H groups in total. The summed E-state index contributed by atoms with van der Waals surface area (Å²) in [7, 11) is 0. The highest BCUT2D eigenvalue weighted by Crippen LogP contribution is 2.14. The lowest BCUT2D eigenvalue weighted by atomic mass is 10.2. The van der Waals surface area contributed by atoms with E-state index in [0.717, 1.165) is 19.4 Å². The molecule has 1 aromatic heterocycles. The van der Waals surface area contributed by atoms with Gasteiger partial charge in [0.15, 0.2) is 10.4 Å². The van der Waals surface area contributed by atoms with Gasteiger partial charge in [-0.05, 0) is 40.9 Å². The molecule has 15 heavy (non-hydrogen) atoms. The quantitative estimate of drug-likeness (QED) is 0.916. The zero-order valence-corrected chi connectivity index (χ0v) is 9.75. The van der Waals surface area contributed by atoms with E-state index in [1.165, 1.54) is 0 Å². The molecular formula is C10H12BrNO3. The van der Waals surface area contributed by atoms with Crippen molar-refractivity contribution >= 4 is 21.8 Å². The number of hydrogen-bond acceptors (Lipinski definition) is 3. The molecule has 1 fully saturated rings. The zero-order valence-electron chi connectivity index (χ0n) is 8.16. The van der Waals surface area contributed by atoms with Crippen molar-refractivity contribution < 1.29 is 13.9 Å². The van der Waals surface area contributed by atoms with Gasteiger partial charge in [0.05, 0.1) is 6.10 Å². The van der Waals surface area contributed by atoms with Gasteiger partial charge in [-0.3, -0.25) is 4.79 Å². The number of amides is 1. The van der Waals surface area contributed by atoms with E-state index in [9.17, 15) is 4.79 Å². The van der Waals surface area contributed by atoms with Crippen LogP contribution in [0.2, 0.25) is 0 Å². The lowest BCUT2D eigenvalue weighted by molar-refractivity contribution is 0.0834. The molecule has 0 aliphatic carbocycles. The predicted molar refractivity (Wildman–Crippen MR) is 57.7 cm³/mol. The van der Waals surface area contributed by atoms with E-state index < -0.39 is 0 Å². The van der Waals surface area contributed by atoms with Crippen LogP contribution in [0.25, 0.3) is 0 Å². The highest BCUT2D eigenvalue weighted by atomic mass is 79.9. The second-order valence-corrected chi connectivity index (χ2v) is 4.23. The van der Waals surface area contributed by atoms with E-state index in [-0.39, 0.29) is 12.0 Å². The van der Waals surface area contributed by atoms with Crippen LogP contribution in [0.1, 0.15) is 23.4 Å². The maximum absolute atomic E-state index is 11.5. The summed E-state index contributed by atoms with van der Waals surface area (Å²) in [5, 5.41) is 2.78. The average molecular weight is 274 g/mol. The molecular weight excluding hydrogens is 262 g/mol. The van der Waals surface area contributed by atoms with E-state index in [0.29, 0.717) is 17.0 Å². The molecule has 1 aromatic rings. The number of furan rings is 1. The highest BCUT2D eigenvalue weighted by molar-refractivity contribution is 9.10. The monoisotopic (exact) mass is 273 g/mol. The van der Waals surface area contributed by atoms with Crippen molar-refractivity contribution in [1.29, 1.82) is 0 Å². The topological polar surface area (TPSA) is 51.5 Å². The molecule has 0 unspecified atom stereocenters. The molecule has 0 radical (unpaired) electrons. The first-order valence-corrected chi connectivity index (χ1v) is 5.70. The summed E-state index contributed by atoms with van der Waals surface area (Å²) in [6.07, 6.45) is 2.25. The fourth-order valence-electron chi connectivity index (χ4n) is 1.54. The van der Waals surface area contributed by atoms with Gasteiger partial charge in [0.2, 0.25) is 0 Å². The van der Waals surface area contributed by atoms with Crippen LogP contribution >= 0.6 is 15.9 Å². The first-order chi connectivity index (χ1) is 7.25. The van der Waals surface area contributed by atoms with Gasteiger partial charge in [-0.1, -0.05) is 0 Å². The second kappa shape index (κ2) is 4.81. The molecule has 2 rings (SSSR count). The van der Waals surface area contributed by atoms with E-state index in [2.05, 4.69) is 21.2 Å². The third-order valence-corrected chi connectivity index (χ3v) is 2.74. The van der Waals surface area contributed by atoms with E-state index in [1.54, 1.807) is 12.1 Å². The Bertz CT molecular complexity index is 344. The number of carbonyl (C=O) groups is 1. The number of ether oxygens (including phenoxy) is 1. The van der Waals surface area contributed by atoms with Crippen LogP contribution in [0.3, 0.4) is 0 Å². The maximum Gasteiger partial charge on any atom is 0.287 e. The van der Waals surface area contributed by atoms with E-state index in [4.69, 9.17) is 9.15 Å². The fourth-order valence-corrected chi connectivity index (χ4v) is 1.84. The first kappa shape index (κ1) is 10.7. The molecule has 2 heterocycles. The summed E-state index contributed by atoms with van der Waals surface area (Å²) >= 11 is 3.15. The number of carbonyl (C=O) groups excluding carboxylic acids is 1. The largest absolute Gasteiger partial charge is 0.444 e. The molecule has 1 aliphatic heterocycles. The predicted octanol–water partition coefficient (Wildman–Crippen LogP) is 1.95. The van der Waals surface area contributed by atoms with Crippen LogP contribution in [0.4, 0.5) is 0 Å². The van der Waals surface area contributed by atoms with Crippen molar-refractivity contribution in [3.05, 3.63) is 22.6 Å². The highest BCUT2D eigenvalue weighted by Gasteiger charge is 2.17. The summed E-state index contributed by atoms with van der Waals surface area (Å²) in [5.41, 5.74) is 0. The average Bonchev–Trinajstić information content (AvgIpc) is 2.84. The standard InChI is InChI=1S/C10H12BrNO3/c11-9-4-3-8(15-9)10(13)12-6-7-2-1-5-14-7/h3-4,7H,1-2,5-6H2,(H,12,13)/t7-/m0/s1. The van der Waals surface area contributed by atoms with Gasteiger partial charge in [-0.25, -0.2) is 0 Å². The Morgan fingerprint density at radius 1 is 1.60 bits per heavy atom. The van der Waals surface area contributed by atoms with Gasteiger partial charge >= 0.3 is 0 Å². The van der Waals surface area contributed by atoms with Crippen molar-refractivity contribution in [3.8, 4) is 0 Å². The molecule has 0 bridgehead atoms. The third kappa shape index (κ3) is 2.82. The van der Waals surface area contributed by atoms with Gasteiger partial charge in [0.25, 0.3) is 5.91 Å². The van der Waals surface area contributed by atoms with Crippen LogP contribution < -0.4 is 5.32 Å². The van der Waals surface area contributed by atoms with E-state index in [1.807, 2.05) is 0 Å². The number of halogens is 1. The summed E-state index contributed by atoms with van der Waals surface area (Å²) < 4.78 is 11.1. The van der Waals surface area contributed by atoms with Crippen LogP contribution in [-0.2, 0) is 4.74 Å². The van der Waals surface area contributed by atoms with E-state index >= 15 is 0 Å². The second-order valence-electron chi connectivity index (χ2n) is 3.45. The van der Waals surface area contributed by atoms with Crippen molar-refractivity contribution in [1.82, 2.24) is 5.32 Å². The van der Waals surface area contributed by atoms with Crippen molar-refractivity contribution in [2.24, 2.45) is 0 Å². The first-order valence-electron chi connectivity index (χ1n) is 4.91. The molecule has 1 aliphatic rings. The molecule has 0 aromatic carbocycles. The molecule has 1 saturated heterocycles. The van der Waals surface area contributed by atoms with Crippen molar-refractivity contribution in [3.63, 3.8) is 0 Å². The van der Waals surface area contributed by atoms with Gasteiger partial charge in [0.1, 0.15) is 0 Å². The molecule has 4 nitrogen and oxygen atoms in total. The minimum absolute atomic E-state index is 0.160. The number of rotatable bonds is 3. The Labute approximate surface area is 96.1 Å². The minimum atomic E-state index is -0.198. The normalized spacial score (nSPS) is 20.5. The Hall–Kier alpha value is -0.810.